The number of sulfonamides is 1. The number of nitrogens with zero attached hydrogens (tertiary/aromatic N) is 1. The minimum atomic E-state index is -3.62. The second-order valence-corrected chi connectivity index (χ2v) is 6.14. The van der Waals surface area contributed by atoms with Gasteiger partial charge in [-0.1, -0.05) is 6.92 Å². The number of hydrogen-bond donors (Lipinski definition) is 1. The van der Waals surface area contributed by atoms with E-state index in [4.69, 9.17) is 0 Å². The second kappa shape index (κ2) is 5.75. The first kappa shape index (κ1) is 15.7. The second-order valence-electron chi connectivity index (χ2n) is 4.46. The molecule has 1 atom stereocenters. The van der Waals surface area contributed by atoms with Gasteiger partial charge >= 0.3 is 5.97 Å². The van der Waals surface area contributed by atoms with Crippen molar-refractivity contribution >= 4 is 16.0 Å². The minimum absolute atomic E-state index is 0.107. The van der Waals surface area contributed by atoms with Gasteiger partial charge in [0.1, 0.15) is 10.6 Å². The number of carbonyl (C=O) groups excluding carboxylic acids is 1. The molecule has 1 aromatic heterocycles. The van der Waals surface area contributed by atoms with Gasteiger partial charge in [-0.05, 0) is 26.3 Å². The zero-order valence-electron chi connectivity index (χ0n) is 11.9. The van der Waals surface area contributed by atoms with Crippen LogP contribution < -0.4 is 4.72 Å². The summed E-state index contributed by atoms with van der Waals surface area (Å²) in [5.41, 5.74) is 0.709. The Bertz CT molecular complexity index is 575. The van der Waals surface area contributed by atoms with E-state index in [1.165, 1.54) is 17.7 Å². The maximum atomic E-state index is 12.2. The molecule has 108 valence electrons. The van der Waals surface area contributed by atoms with Crippen LogP contribution in [0.15, 0.2) is 11.0 Å². The molecule has 0 aliphatic rings. The fourth-order valence-corrected chi connectivity index (χ4v) is 3.27. The normalized spacial score (nSPS) is 13.3. The lowest BCUT2D eigenvalue weighted by molar-refractivity contribution is 0.0589. The Hall–Kier alpha value is -1.34. The van der Waals surface area contributed by atoms with Crippen LogP contribution in [0.2, 0.25) is 0 Å². The summed E-state index contributed by atoms with van der Waals surface area (Å²) in [7, 11) is -0.735. The monoisotopic (exact) mass is 288 g/mol. The van der Waals surface area contributed by atoms with E-state index >= 15 is 0 Å². The summed E-state index contributed by atoms with van der Waals surface area (Å²) >= 11 is 0. The van der Waals surface area contributed by atoms with Crippen LogP contribution in [0.25, 0.3) is 0 Å². The molecule has 0 bridgehead atoms. The SMILES string of the molecule is CC[C@@H](C)NS(=O)(=O)c1cc(C(=O)OC)n(C)c1C. The first-order valence-electron chi connectivity index (χ1n) is 6.01. The van der Waals surface area contributed by atoms with E-state index in [0.29, 0.717) is 12.1 Å². The van der Waals surface area contributed by atoms with Crippen LogP contribution in [0.1, 0.15) is 36.5 Å². The molecule has 0 aliphatic heterocycles. The van der Waals surface area contributed by atoms with Gasteiger partial charge in [0.25, 0.3) is 0 Å². The molecule has 1 N–H and O–H groups in total. The van der Waals surface area contributed by atoms with Crippen molar-refractivity contribution in [3.05, 3.63) is 17.5 Å². The van der Waals surface area contributed by atoms with Crippen molar-refractivity contribution in [2.24, 2.45) is 7.05 Å². The fourth-order valence-electron chi connectivity index (χ4n) is 1.66. The quantitative estimate of drug-likeness (QED) is 0.826. The van der Waals surface area contributed by atoms with Crippen LogP contribution in [-0.4, -0.2) is 32.1 Å². The predicted molar refractivity (Wildman–Crippen MR) is 71.6 cm³/mol. The molecule has 7 heteroatoms. The third-order valence-electron chi connectivity index (χ3n) is 3.14. The van der Waals surface area contributed by atoms with Gasteiger partial charge < -0.3 is 9.30 Å². The number of rotatable bonds is 5. The van der Waals surface area contributed by atoms with Crippen LogP contribution >= 0.6 is 0 Å². The average molecular weight is 288 g/mol. The van der Waals surface area contributed by atoms with Gasteiger partial charge in [-0.25, -0.2) is 17.9 Å². The van der Waals surface area contributed by atoms with E-state index in [9.17, 15) is 13.2 Å². The van der Waals surface area contributed by atoms with Crippen molar-refractivity contribution in [1.82, 2.24) is 9.29 Å². The standard InChI is InChI=1S/C12H20N2O4S/c1-6-8(2)13-19(16,17)11-7-10(12(15)18-5)14(4)9(11)3/h7-8,13H,6H2,1-5H3/t8-/m1/s1. The molecule has 1 rings (SSSR count). The molecule has 6 nitrogen and oxygen atoms in total. The zero-order valence-corrected chi connectivity index (χ0v) is 12.7. The molecule has 0 unspecified atom stereocenters. The third kappa shape index (κ3) is 3.16. The zero-order chi connectivity index (χ0) is 14.8. The topological polar surface area (TPSA) is 77.4 Å². The molecule has 0 fully saturated rings. The Morgan fingerprint density at radius 1 is 1.53 bits per heavy atom. The number of hydrogen-bond acceptors (Lipinski definition) is 4. The molecular formula is C12H20N2O4S. The van der Waals surface area contributed by atoms with Crippen molar-refractivity contribution in [1.29, 1.82) is 0 Å². The smallest absolute Gasteiger partial charge is 0.354 e. The Morgan fingerprint density at radius 2 is 2.11 bits per heavy atom. The Labute approximate surface area is 113 Å². The highest BCUT2D eigenvalue weighted by Gasteiger charge is 2.25. The van der Waals surface area contributed by atoms with Crippen LogP contribution in [-0.2, 0) is 21.8 Å². The number of nitrogens with one attached hydrogen (secondary N) is 1. The van der Waals surface area contributed by atoms with Gasteiger partial charge in [-0.3, -0.25) is 0 Å². The Morgan fingerprint density at radius 3 is 2.58 bits per heavy atom. The van der Waals surface area contributed by atoms with Gasteiger partial charge in [0, 0.05) is 18.8 Å². The van der Waals surface area contributed by atoms with Gasteiger partial charge in [0.15, 0.2) is 0 Å². The number of aromatic nitrogens is 1. The van der Waals surface area contributed by atoms with E-state index in [1.807, 2.05) is 6.92 Å². The van der Waals surface area contributed by atoms with Crippen molar-refractivity contribution in [2.75, 3.05) is 7.11 Å². The summed E-state index contributed by atoms with van der Waals surface area (Å²) < 4.78 is 33.1. The molecule has 1 aromatic rings. The van der Waals surface area contributed by atoms with Crippen LogP contribution in [0.5, 0.6) is 0 Å². The molecule has 0 aromatic carbocycles. The van der Waals surface area contributed by atoms with Gasteiger partial charge in [0.2, 0.25) is 10.0 Å². The molecular weight excluding hydrogens is 268 g/mol. The highest BCUT2D eigenvalue weighted by molar-refractivity contribution is 7.89. The maximum Gasteiger partial charge on any atom is 0.354 e. The summed E-state index contributed by atoms with van der Waals surface area (Å²) in [6.45, 7) is 5.33. The van der Waals surface area contributed by atoms with Gasteiger partial charge in [0.05, 0.1) is 7.11 Å². The van der Waals surface area contributed by atoms with Crippen molar-refractivity contribution in [2.45, 2.75) is 38.1 Å². The molecule has 1 heterocycles. The average Bonchev–Trinajstić information content (AvgIpc) is 2.65. The lowest BCUT2D eigenvalue weighted by Crippen LogP contribution is -2.32. The van der Waals surface area contributed by atoms with Crippen LogP contribution in [0.4, 0.5) is 0 Å². The number of ether oxygens (including phenoxy) is 1. The minimum Gasteiger partial charge on any atom is -0.464 e. The Kier molecular flexibility index (Phi) is 4.75. The molecule has 0 spiro atoms. The number of esters is 1. The lowest BCUT2D eigenvalue weighted by Gasteiger charge is -2.11. The summed E-state index contributed by atoms with van der Waals surface area (Å²) in [4.78, 5) is 11.7. The van der Waals surface area contributed by atoms with Gasteiger partial charge in [-0.2, -0.15) is 0 Å². The largest absolute Gasteiger partial charge is 0.464 e. The molecule has 0 radical (unpaired) electrons. The summed E-state index contributed by atoms with van der Waals surface area (Å²) in [6, 6.07) is 1.18. The highest BCUT2D eigenvalue weighted by Crippen LogP contribution is 2.20. The Balaban J connectivity index is 3.25. The predicted octanol–water partition coefficient (Wildman–Crippen LogP) is 1.20. The number of methoxy groups -OCH3 is 1. The van der Waals surface area contributed by atoms with E-state index in [2.05, 4.69) is 9.46 Å². The number of carbonyl (C=O) groups is 1. The van der Waals surface area contributed by atoms with E-state index < -0.39 is 16.0 Å². The first-order chi connectivity index (χ1) is 8.74. The van der Waals surface area contributed by atoms with Crippen molar-refractivity contribution in [3.8, 4) is 0 Å². The highest BCUT2D eigenvalue weighted by atomic mass is 32.2. The third-order valence-corrected chi connectivity index (χ3v) is 4.85. The molecule has 0 amide bonds. The fraction of sp³-hybridized carbons (Fsp3) is 0.583. The summed E-state index contributed by atoms with van der Waals surface area (Å²) in [6.07, 6.45) is 0.689. The maximum absolute atomic E-state index is 12.2. The summed E-state index contributed by atoms with van der Waals surface area (Å²) in [5, 5.41) is 0. The molecule has 0 saturated heterocycles. The van der Waals surface area contributed by atoms with Crippen molar-refractivity contribution < 1.29 is 17.9 Å². The molecule has 19 heavy (non-hydrogen) atoms. The lowest BCUT2D eigenvalue weighted by atomic mass is 10.3. The van der Waals surface area contributed by atoms with Crippen LogP contribution in [0, 0.1) is 6.92 Å². The van der Waals surface area contributed by atoms with Crippen molar-refractivity contribution in [3.63, 3.8) is 0 Å². The van der Waals surface area contributed by atoms with Crippen LogP contribution in [0.3, 0.4) is 0 Å². The van der Waals surface area contributed by atoms with Gasteiger partial charge in [-0.15, -0.1) is 0 Å². The van der Waals surface area contributed by atoms with E-state index in [1.54, 1.807) is 20.9 Å². The molecule has 0 aliphatic carbocycles. The van der Waals surface area contributed by atoms with E-state index in [-0.39, 0.29) is 16.6 Å². The first-order valence-corrected chi connectivity index (χ1v) is 7.49. The molecule has 0 saturated carbocycles. The summed E-state index contributed by atoms with van der Waals surface area (Å²) in [5.74, 6) is -0.560. The van der Waals surface area contributed by atoms with E-state index in [0.717, 1.165) is 0 Å².